The molecule has 1 aromatic heterocycles. The van der Waals surface area contributed by atoms with Crippen LogP contribution in [0.2, 0.25) is 0 Å². The summed E-state index contributed by atoms with van der Waals surface area (Å²) in [6, 6.07) is 14.1. The molecule has 1 heterocycles. The van der Waals surface area contributed by atoms with E-state index in [2.05, 4.69) is 16.4 Å². The second-order valence-electron chi connectivity index (χ2n) is 6.35. The third-order valence-electron chi connectivity index (χ3n) is 3.88. The third kappa shape index (κ3) is 3.26. The molecule has 0 saturated heterocycles. The molecule has 0 unspecified atom stereocenters. The van der Waals surface area contributed by atoms with Gasteiger partial charge in [0.15, 0.2) is 0 Å². The van der Waals surface area contributed by atoms with E-state index in [1.165, 1.54) is 12.1 Å². The van der Waals surface area contributed by atoms with E-state index in [1.807, 2.05) is 38.2 Å². The molecule has 3 aromatic rings. The van der Waals surface area contributed by atoms with Gasteiger partial charge in [-0.05, 0) is 44.0 Å². The second-order valence-corrected chi connectivity index (χ2v) is 6.35. The molecular weight excluding hydrogens is 291 g/mol. The van der Waals surface area contributed by atoms with Gasteiger partial charge in [0.25, 0.3) is 5.91 Å². The van der Waals surface area contributed by atoms with Gasteiger partial charge < -0.3 is 10.3 Å². The molecule has 0 atom stereocenters. The maximum atomic E-state index is 13.7. The standard InChI is InChI=1S/C19H19FN2O/c1-19(2,22-18(23)15-8-3-5-9-16(15)20)11-13-12-21-17-10-6-4-7-14(13)17/h3-10,12,21H,11H2,1-2H3,(H,22,23). The predicted octanol–water partition coefficient (Wildman–Crippen LogP) is 4.06. The SMILES string of the molecule is CC(C)(Cc1c[nH]c2ccccc12)NC(=O)c1ccccc1F. The predicted molar refractivity (Wildman–Crippen MR) is 89.9 cm³/mol. The molecule has 4 heteroatoms. The van der Waals surface area contributed by atoms with E-state index in [0.717, 1.165) is 16.5 Å². The lowest BCUT2D eigenvalue weighted by Gasteiger charge is -2.26. The third-order valence-corrected chi connectivity index (χ3v) is 3.88. The molecule has 118 valence electrons. The smallest absolute Gasteiger partial charge is 0.254 e. The number of rotatable bonds is 4. The molecular formula is C19H19FN2O. The summed E-state index contributed by atoms with van der Waals surface area (Å²) in [7, 11) is 0. The van der Waals surface area contributed by atoms with Crippen molar-refractivity contribution in [2.45, 2.75) is 25.8 Å². The van der Waals surface area contributed by atoms with Gasteiger partial charge in [0, 0.05) is 22.6 Å². The Morgan fingerprint density at radius 3 is 2.61 bits per heavy atom. The Kier molecular flexibility index (Phi) is 3.90. The number of hydrogen-bond acceptors (Lipinski definition) is 1. The average molecular weight is 310 g/mol. The fourth-order valence-electron chi connectivity index (χ4n) is 2.82. The van der Waals surface area contributed by atoms with Gasteiger partial charge in [-0.25, -0.2) is 4.39 Å². The number of aromatic nitrogens is 1. The molecule has 0 radical (unpaired) electrons. The molecule has 0 spiro atoms. The van der Waals surface area contributed by atoms with Crippen LogP contribution in [0.4, 0.5) is 4.39 Å². The minimum atomic E-state index is -0.507. The highest BCUT2D eigenvalue weighted by Crippen LogP contribution is 2.22. The lowest BCUT2D eigenvalue weighted by molar-refractivity contribution is 0.0909. The maximum Gasteiger partial charge on any atom is 0.254 e. The first kappa shape index (κ1) is 15.3. The Labute approximate surface area is 134 Å². The van der Waals surface area contributed by atoms with Crippen LogP contribution in [0.15, 0.2) is 54.7 Å². The summed E-state index contributed by atoms with van der Waals surface area (Å²) in [4.78, 5) is 15.5. The summed E-state index contributed by atoms with van der Waals surface area (Å²) in [5.74, 6) is -0.902. The second kappa shape index (κ2) is 5.88. The summed E-state index contributed by atoms with van der Waals surface area (Å²) in [5, 5.41) is 4.06. The van der Waals surface area contributed by atoms with Crippen LogP contribution in [-0.4, -0.2) is 16.4 Å². The number of carbonyl (C=O) groups is 1. The fraction of sp³-hybridized carbons (Fsp3) is 0.211. The van der Waals surface area contributed by atoms with E-state index < -0.39 is 17.3 Å². The Morgan fingerprint density at radius 1 is 1.13 bits per heavy atom. The molecule has 3 rings (SSSR count). The molecule has 0 fully saturated rings. The van der Waals surface area contributed by atoms with Crippen LogP contribution in [0.3, 0.4) is 0 Å². The molecule has 0 saturated carbocycles. The first-order chi connectivity index (χ1) is 11.0. The van der Waals surface area contributed by atoms with Gasteiger partial charge in [0.2, 0.25) is 0 Å². The van der Waals surface area contributed by atoms with Crippen molar-refractivity contribution in [2.75, 3.05) is 0 Å². The number of fused-ring (bicyclic) bond motifs is 1. The summed E-state index contributed by atoms with van der Waals surface area (Å²) in [5.41, 5.74) is 1.77. The molecule has 3 nitrogen and oxygen atoms in total. The number of H-pyrrole nitrogens is 1. The van der Waals surface area contributed by atoms with Crippen molar-refractivity contribution in [3.8, 4) is 0 Å². The van der Waals surface area contributed by atoms with Crippen LogP contribution in [0.25, 0.3) is 10.9 Å². The van der Waals surface area contributed by atoms with Gasteiger partial charge in [-0.3, -0.25) is 4.79 Å². The van der Waals surface area contributed by atoms with Crippen LogP contribution < -0.4 is 5.32 Å². The Bertz CT molecular complexity index is 851. The molecule has 23 heavy (non-hydrogen) atoms. The van der Waals surface area contributed by atoms with Gasteiger partial charge in [-0.1, -0.05) is 30.3 Å². The molecule has 0 aliphatic heterocycles. The quantitative estimate of drug-likeness (QED) is 0.750. The zero-order valence-electron chi connectivity index (χ0n) is 13.2. The Hall–Kier alpha value is -2.62. The van der Waals surface area contributed by atoms with Crippen molar-refractivity contribution in [1.82, 2.24) is 10.3 Å². The Morgan fingerprint density at radius 2 is 1.83 bits per heavy atom. The summed E-state index contributed by atoms with van der Waals surface area (Å²) in [6.07, 6.45) is 2.61. The zero-order valence-corrected chi connectivity index (χ0v) is 13.2. The van der Waals surface area contributed by atoms with Crippen molar-refractivity contribution in [1.29, 1.82) is 0 Å². The highest BCUT2D eigenvalue weighted by atomic mass is 19.1. The van der Waals surface area contributed by atoms with Crippen LogP contribution in [-0.2, 0) is 6.42 Å². The largest absolute Gasteiger partial charge is 0.361 e. The molecule has 0 aliphatic rings. The number of benzene rings is 2. The van der Waals surface area contributed by atoms with Gasteiger partial charge in [-0.2, -0.15) is 0 Å². The highest BCUT2D eigenvalue weighted by molar-refractivity contribution is 5.95. The number of hydrogen-bond donors (Lipinski definition) is 2. The minimum Gasteiger partial charge on any atom is -0.361 e. The zero-order chi connectivity index (χ0) is 16.4. The van der Waals surface area contributed by atoms with E-state index in [-0.39, 0.29) is 5.56 Å². The number of nitrogens with one attached hydrogen (secondary N) is 2. The van der Waals surface area contributed by atoms with Crippen molar-refractivity contribution in [2.24, 2.45) is 0 Å². The lowest BCUT2D eigenvalue weighted by Crippen LogP contribution is -2.45. The number of aromatic amines is 1. The maximum absolute atomic E-state index is 13.7. The number of para-hydroxylation sites is 1. The number of halogens is 1. The summed E-state index contributed by atoms with van der Waals surface area (Å²) < 4.78 is 13.7. The minimum absolute atomic E-state index is 0.0690. The average Bonchev–Trinajstić information content (AvgIpc) is 2.90. The molecule has 0 aliphatic carbocycles. The normalized spacial score (nSPS) is 11.6. The van der Waals surface area contributed by atoms with Gasteiger partial charge >= 0.3 is 0 Å². The Balaban J connectivity index is 1.79. The summed E-state index contributed by atoms with van der Waals surface area (Å²) in [6.45, 7) is 3.88. The number of amides is 1. The van der Waals surface area contributed by atoms with Gasteiger partial charge in [0.05, 0.1) is 5.56 Å². The van der Waals surface area contributed by atoms with Gasteiger partial charge in [0.1, 0.15) is 5.82 Å². The molecule has 2 N–H and O–H groups in total. The van der Waals surface area contributed by atoms with E-state index in [4.69, 9.17) is 0 Å². The fourth-order valence-corrected chi connectivity index (χ4v) is 2.82. The van der Waals surface area contributed by atoms with E-state index >= 15 is 0 Å². The van der Waals surface area contributed by atoms with Crippen LogP contribution in [0, 0.1) is 5.82 Å². The van der Waals surface area contributed by atoms with Crippen LogP contribution >= 0.6 is 0 Å². The number of carbonyl (C=O) groups excluding carboxylic acids is 1. The van der Waals surface area contributed by atoms with Crippen molar-refractivity contribution in [3.05, 3.63) is 71.7 Å². The van der Waals surface area contributed by atoms with Crippen LogP contribution in [0.1, 0.15) is 29.8 Å². The van der Waals surface area contributed by atoms with Crippen molar-refractivity contribution < 1.29 is 9.18 Å². The lowest BCUT2D eigenvalue weighted by atomic mass is 9.94. The van der Waals surface area contributed by atoms with Crippen molar-refractivity contribution in [3.63, 3.8) is 0 Å². The van der Waals surface area contributed by atoms with Gasteiger partial charge in [-0.15, -0.1) is 0 Å². The molecule has 1 amide bonds. The first-order valence-corrected chi connectivity index (χ1v) is 7.58. The van der Waals surface area contributed by atoms with E-state index in [0.29, 0.717) is 6.42 Å². The van der Waals surface area contributed by atoms with E-state index in [1.54, 1.807) is 12.1 Å². The monoisotopic (exact) mass is 310 g/mol. The first-order valence-electron chi connectivity index (χ1n) is 7.58. The molecule has 0 bridgehead atoms. The summed E-state index contributed by atoms with van der Waals surface area (Å²) >= 11 is 0. The van der Waals surface area contributed by atoms with Crippen molar-refractivity contribution >= 4 is 16.8 Å². The van der Waals surface area contributed by atoms with E-state index in [9.17, 15) is 9.18 Å². The van der Waals surface area contributed by atoms with Crippen LogP contribution in [0.5, 0.6) is 0 Å². The molecule has 2 aromatic carbocycles. The topological polar surface area (TPSA) is 44.9 Å². The highest BCUT2D eigenvalue weighted by Gasteiger charge is 2.24.